The van der Waals surface area contributed by atoms with Crippen molar-refractivity contribution in [3.05, 3.63) is 93.8 Å². The second kappa shape index (κ2) is 12.3. The molecule has 2 heterocycles. The highest BCUT2D eigenvalue weighted by atomic mass is 19.4. The Morgan fingerprint density at radius 1 is 1.20 bits per heavy atom. The number of urea groups is 1. The summed E-state index contributed by atoms with van der Waals surface area (Å²) in [5.41, 5.74) is 2.33. The molecule has 0 atom stereocenters. The van der Waals surface area contributed by atoms with Gasteiger partial charge in [-0.05, 0) is 37.5 Å². The lowest BCUT2D eigenvalue weighted by Crippen LogP contribution is -2.50. The van der Waals surface area contributed by atoms with Crippen LogP contribution in [0.2, 0.25) is 0 Å². The van der Waals surface area contributed by atoms with Crippen LogP contribution in [0, 0.1) is 17.0 Å². The average Bonchev–Trinajstić information content (AvgIpc) is 3.30. The Balaban J connectivity index is 1.31. The number of non-ortho nitro benzene ring substituents is 1. The number of benzene rings is 2. The first-order valence-corrected chi connectivity index (χ1v) is 12.9. The average molecular weight is 557 g/mol. The third kappa shape index (κ3) is 7.06. The largest absolute Gasteiger partial charge is 0.416 e. The Labute approximate surface area is 229 Å². The quantitative estimate of drug-likeness (QED) is 0.201. The number of carbonyl (C=O) groups is 1. The highest BCUT2D eigenvalue weighted by Crippen LogP contribution is 2.31. The van der Waals surface area contributed by atoms with Gasteiger partial charge in [0.1, 0.15) is 5.82 Å². The number of aromatic amines is 1. The summed E-state index contributed by atoms with van der Waals surface area (Å²) in [5.74, 6) is 0.526. The second-order valence-corrected chi connectivity index (χ2v) is 9.76. The predicted molar refractivity (Wildman–Crippen MR) is 144 cm³/mol. The molecule has 2 amide bonds. The highest BCUT2D eigenvalue weighted by Gasteiger charge is 2.30. The topological polar surface area (TPSA) is 107 Å². The van der Waals surface area contributed by atoms with Crippen LogP contribution in [0.3, 0.4) is 0 Å². The maximum Gasteiger partial charge on any atom is 0.416 e. The maximum atomic E-state index is 13.0. The number of nitro benzene ring substituents is 1. The molecule has 0 saturated carbocycles. The Morgan fingerprint density at radius 3 is 2.42 bits per heavy atom. The molecule has 212 valence electrons. The lowest BCUT2D eigenvalue weighted by molar-refractivity contribution is -0.384. The van der Waals surface area contributed by atoms with Crippen LogP contribution >= 0.6 is 0 Å². The molecule has 40 heavy (non-hydrogen) atoms. The summed E-state index contributed by atoms with van der Waals surface area (Å²) in [6, 6.07) is 10.8. The SMILES string of the molecule is C=CCN(C(=O)NCc1ccc([N+](=O)[O-])cc1)C1CCN(Cc2nc(-c3ccc(C(F)(F)F)cc3)[nH]c2C)CC1. The highest BCUT2D eigenvalue weighted by molar-refractivity contribution is 5.74. The smallest absolute Gasteiger partial charge is 0.342 e. The molecular formula is C28H31F3N6O3. The van der Waals surface area contributed by atoms with E-state index in [-0.39, 0.29) is 24.3 Å². The summed E-state index contributed by atoms with van der Waals surface area (Å²) in [7, 11) is 0. The summed E-state index contributed by atoms with van der Waals surface area (Å²) in [4.78, 5) is 35.2. The van der Waals surface area contributed by atoms with Crippen LogP contribution in [-0.4, -0.2) is 56.4 Å². The molecular weight excluding hydrogens is 525 g/mol. The summed E-state index contributed by atoms with van der Waals surface area (Å²) in [6.07, 6.45) is -1.18. The zero-order chi connectivity index (χ0) is 28.9. The third-order valence-corrected chi connectivity index (χ3v) is 7.02. The molecule has 0 radical (unpaired) electrons. The van der Waals surface area contributed by atoms with E-state index in [1.54, 1.807) is 23.1 Å². The Bertz CT molecular complexity index is 1330. The summed E-state index contributed by atoms with van der Waals surface area (Å²) < 4.78 is 38.6. The molecule has 3 aromatic rings. The van der Waals surface area contributed by atoms with Crippen molar-refractivity contribution in [1.82, 2.24) is 25.1 Å². The molecule has 0 unspecified atom stereocenters. The van der Waals surface area contributed by atoms with Gasteiger partial charge in [-0.25, -0.2) is 9.78 Å². The molecule has 4 rings (SSSR count). The minimum Gasteiger partial charge on any atom is -0.342 e. The summed E-state index contributed by atoms with van der Waals surface area (Å²) in [5, 5.41) is 13.7. The molecule has 9 nitrogen and oxygen atoms in total. The van der Waals surface area contributed by atoms with Gasteiger partial charge in [0.25, 0.3) is 5.69 Å². The van der Waals surface area contributed by atoms with Gasteiger partial charge in [-0.1, -0.05) is 30.3 Å². The van der Waals surface area contributed by atoms with Crippen LogP contribution in [0.5, 0.6) is 0 Å². The van der Waals surface area contributed by atoms with Crippen LogP contribution < -0.4 is 5.32 Å². The molecule has 1 aromatic heterocycles. The standard InChI is InChI=1S/C28H31F3N6O3/c1-3-14-36(27(38)32-17-20-4-10-24(11-5-20)37(39)40)23-12-15-35(16-13-23)18-25-19(2)33-26(34-25)21-6-8-22(9-7-21)28(29,30)31/h3-11,23H,1,12-18H2,2H3,(H,32,38)(H,33,34). The van der Waals surface area contributed by atoms with Crippen molar-refractivity contribution in [1.29, 1.82) is 0 Å². The van der Waals surface area contributed by atoms with E-state index in [2.05, 4.69) is 26.8 Å². The number of piperidine rings is 1. The fourth-order valence-corrected chi connectivity index (χ4v) is 4.76. The zero-order valence-electron chi connectivity index (χ0n) is 22.1. The number of likely N-dealkylation sites (tertiary alicyclic amines) is 1. The van der Waals surface area contributed by atoms with Crippen molar-refractivity contribution in [2.24, 2.45) is 0 Å². The minimum absolute atomic E-state index is 0.00373. The van der Waals surface area contributed by atoms with Gasteiger partial charge >= 0.3 is 12.2 Å². The van der Waals surface area contributed by atoms with Gasteiger partial charge < -0.3 is 15.2 Å². The lowest BCUT2D eigenvalue weighted by atomic mass is 10.0. The number of hydrogen-bond acceptors (Lipinski definition) is 5. The zero-order valence-corrected chi connectivity index (χ0v) is 22.1. The van der Waals surface area contributed by atoms with Gasteiger partial charge in [0.2, 0.25) is 0 Å². The van der Waals surface area contributed by atoms with Crippen LogP contribution in [-0.2, 0) is 19.3 Å². The Hall–Kier alpha value is -4.19. The Kier molecular flexibility index (Phi) is 8.88. The third-order valence-electron chi connectivity index (χ3n) is 7.02. The number of alkyl halides is 3. The van der Waals surface area contributed by atoms with Crippen molar-refractivity contribution < 1.29 is 22.9 Å². The van der Waals surface area contributed by atoms with Crippen LogP contribution in [0.4, 0.5) is 23.7 Å². The Morgan fingerprint density at radius 2 is 1.85 bits per heavy atom. The molecule has 1 saturated heterocycles. The first-order chi connectivity index (χ1) is 19.0. The van der Waals surface area contributed by atoms with Gasteiger partial charge in [-0.3, -0.25) is 15.0 Å². The van der Waals surface area contributed by atoms with Crippen molar-refractivity contribution in [2.75, 3.05) is 19.6 Å². The van der Waals surface area contributed by atoms with Gasteiger partial charge in [0.05, 0.1) is 16.2 Å². The minimum atomic E-state index is -4.38. The number of hydrogen-bond donors (Lipinski definition) is 2. The first-order valence-electron chi connectivity index (χ1n) is 12.9. The van der Waals surface area contributed by atoms with Crippen molar-refractivity contribution in [3.63, 3.8) is 0 Å². The summed E-state index contributed by atoms with van der Waals surface area (Å²) >= 11 is 0. The number of H-pyrrole nitrogens is 1. The van der Waals surface area contributed by atoms with E-state index in [1.165, 1.54) is 24.3 Å². The van der Waals surface area contributed by atoms with Gasteiger partial charge in [0, 0.05) is 62.2 Å². The number of imidazole rings is 1. The molecule has 1 fully saturated rings. The molecule has 2 N–H and O–H groups in total. The molecule has 2 aromatic carbocycles. The summed E-state index contributed by atoms with van der Waals surface area (Å²) in [6.45, 7) is 8.40. The molecule has 1 aliphatic rings. The van der Waals surface area contributed by atoms with E-state index in [0.29, 0.717) is 24.5 Å². The number of aromatic nitrogens is 2. The van der Waals surface area contributed by atoms with Crippen LogP contribution in [0.25, 0.3) is 11.4 Å². The van der Waals surface area contributed by atoms with Crippen LogP contribution in [0.1, 0.15) is 35.4 Å². The van der Waals surface area contributed by atoms with Gasteiger partial charge in [-0.2, -0.15) is 13.2 Å². The second-order valence-electron chi connectivity index (χ2n) is 9.76. The van der Waals surface area contributed by atoms with E-state index in [4.69, 9.17) is 0 Å². The molecule has 0 aliphatic carbocycles. The number of carbonyl (C=O) groups excluding carboxylic acids is 1. The predicted octanol–water partition coefficient (Wildman–Crippen LogP) is 5.67. The number of nitrogens with one attached hydrogen (secondary N) is 2. The van der Waals surface area contributed by atoms with E-state index in [0.717, 1.165) is 55.0 Å². The van der Waals surface area contributed by atoms with Crippen molar-refractivity contribution in [2.45, 2.75) is 45.1 Å². The number of nitro groups is 1. The fraction of sp³-hybridized carbons (Fsp3) is 0.357. The monoisotopic (exact) mass is 556 g/mol. The van der Waals surface area contributed by atoms with E-state index < -0.39 is 16.7 Å². The normalized spacial score (nSPS) is 14.6. The number of aryl methyl sites for hydroxylation is 1. The van der Waals surface area contributed by atoms with Crippen LogP contribution in [0.15, 0.2) is 61.2 Å². The fourth-order valence-electron chi connectivity index (χ4n) is 4.76. The van der Waals surface area contributed by atoms with Crippen molar-refractivity contribution in [3.8, 4) is 11.4 Å². The number of nitrogens with zero attached hydrogens (tertiary/aromatic N) is 4. The molecule has 0 bridgehead atoms. The van der Waals surface area contributed by atoms with Gasteiger partial charge in [0.15, 0.2) is 0 Å². The molecule has 1 aliphatic heterocycles. The molecule has 0 spiro atoms. The maximum absolute atomic E-state index is 13.0. The number of halogens is 3. The molecule has 12 heteroatoms. The van der Waals surface area contributed by atoms with E-state index >= 15 is 0 Å². The number of amides is 2. The lowest BCUT2D eigenvalue weighted by Gasteiger charge is -2.38. The van der Waals surface area contributed by atoms with Gasteiger partial charge in [-0.15, -0.1) is 6.58 Å². The first kappa shape index (κ1) is 28.8. The van der Waals surface area contributed by atoms with E-state index in [1.807, 2.05) is 6.92 Å². The number of rotatable bonds is 9. The van der Waals surface area contributed by atoms with Crippen molar-refractivity contribution >= 4 is 11.7 Å². The van der Waals surface area contributed by atoms with E-state index in [9.17, 15) is 28.1 Å².